The highest BCUT2D eigenvalue weighted by Gasteiger charge is 2.11. The number of rotatable bonds is 4. The molecule has 0 saturated heterocycles. The number of hydrogen-bond acceptors (Lipinski definition) is 2. The Morgan fingerprint density at radius 2 is 2.20 bits per heavy atom. The maximum Gasteiger partial charge on any atom is 0.307 e. The molecule has 1 N–H and O–H groups in total. The predicted molar refractivity (Wildman–Crippen MR) is 58.8 cm³/mol. The number of benzene rings is 1. The number of carboxylic acids is 1. The summed E-state index contributed by atoms with van der Waals surface area (Å²) in [5.74, 6) is -0.515. The Balaban J connectivity index is 2.71. The first-order chi connectivity index (χ1) is 6.99. The maximum atomic E-state index is 10.4. The van der Waals surface area contributed by atoms with Crippen molar-refractivity contribution in [2.45, 2.75) is 19.4 Å². The average molecular weight is 249 g/mol. The smallest absolute Gasteiger partial charge is 0.307 e. The molecule has 0 saturated carbocycles. The molecule has 0 fully saturated rings. The van der Waals surface area contributed by atoms with E-state index in [1.165, 1.54) is 0 Å². The van der Waals surface area contributed by atoms with Gasteiger partial charge < -0.3 is 9.84 Å². The van der Waals surface area contributed by atoms with Crippen LogP contribution in [0.4, 0.5) is 0 Å². The van der Waals surface area contributed by atoms with Gasteiger partial charge in [-0.25, -0.2) is 0 Å². The Morgan fingerprint density at radius 1 is 1.53 bits per heavy atom. The summed E-state index contributed by atoms with van der Waals surface area (Å²) in [6.45, 7) is 1.66. The Labute approximate surface area is 97.6 Å². The van der Waals surface area contributed by atoms with E-state index < -0.39 is 12.1 Å². The molecule has 1 rings (SSSR count). The van der Waals surface area contributed by atoms with Gasteiger partial charge in [0.2, 0.25) is 0 Å². The van der Waals surface area contributed by atoms with E-state index in [0.29, 0.717) is 15.8 Å². The lowest BCUT2D eigenvalue weighted by Crippen LogP contribution is -2.16. The van der Waals surface area contributed by atoms with Crippen LogP contribution in [-0.2, 0) is 4.79 Å². The maximum absolute atomic E-state index is 10.4. The molecule has 0 amide bonds. The van der Waals surface area contributed by atoms with E-state index in [1.807, 2.05) is 0 Å². The standard InChI is InChI=1S/C10H10Cl2O3/c1-6(4-10(13)14)15-9-5-7(11)2-3-8(9)12/h2-3,5-6H,4H2,1H3,(H,13,14)/t6-/m0/s1. The summed E-state index contributed by atoms with van der Waals surface area (Å²) in [6.07, 6.45) is -0.526. The monoisotopic (exact) mass is 248 g/mol. The minimum Gasteiger partial charge on any atom is -0.488 e. The molecular formula is C10H10Cl2O3. The lowest BCUT2D eigenvalue weighted by Gasteiger charge is -2.13. The molecule has 0 aliphatic carbocycles. The largest absolute Gasteiger partial charge is 0.488 e. The van der Waals surface area contributed by atoms with Crippen molar-refractivity contribution in [3.05, 3.63) is 28.2 Å². The number of hydrogen-bond donors (Lipinski definition) is 1. The molecule has 0 aliphatic rings. The molecule has 15 heavy (non-hydrogen) atoms. The van der Waals surface area contributed by atoms with Crippen LogP contribution in [0.15, 0.2) is 18.2 Å². The zero-order valence-electron chi connectivity index (χ0n) is 8.04. The van der Waals surface area contributed by atoms with Gasteiger partial charge in [-0.1, -0.05) is 23.2 Å². The third-order valence-corrected chi connectivity index (χ3v) is 2.23. The lowest BCUT2D eigenvalue weighted by molar-refractivity contribution is -0.138. The Hall–Kier alpha value is -0.930. The van der Waals surface area contributed by atoms with Gasteiger partial charge in [0.15, 0.2) is 0 Å². The molecule has 1 aromatic carbocycles. The summed E-state index contributed by atoms with van der Waals surface area (Å²) in [5.41, 5.74) is 0. The van der Waals surface area contributed by atoms with Crippen LogP contribution in [0.3, 0.4) is 0 Å². The highest BCUT2D eigenvalue weighted by Crippen LogP contribution is 2.28. The van der Waals surface area contributed by atoms with E-state index in [9.17, 15) is 4.79 Å². The lowest BCUT2D eigenvalue weighted by atomic mass is 10.3. The zero-order chi connectivity index (χ0) is 11.4. The highest BCUT2D eigenvalue weighted by atomic mass is 35.5. The summed E-state index contributed by atoms with van der Waals surface area (Å²) in [4.78, 5) is 10.4. The van der Waals surface area contributed by atoms with E-state index in [2.05, 4.69) is 0 Å². The summed E-state index contributed by atoms with van der Waals surface area (Å²) in [7, 11) is 0. The van der Waals surface area contributed by atoms with Crippen LogP contribution < -0.4 is 4.74 Å². The predicted octanol–water partition coefficient (Wildman–Crippen LogP) is 3.24. The van der Waals surface area contributed by atoms with Crippen molar-refractivity contribution < 1.29 is 14.6 Å². The minimum atomic E-state index is -0.916. The third-order valence-electron chi connectivity index (χ3n) is 1.68. The first kappa shape index (κ1) is 12.1. The van der Waals surface area contributed by atoms with Gasteiger partial charge in [-0.05, 0) is 19.1 Å². The summed E-state index contributed by atoms with van der Waals surface area (Å²) in [5, 5.41) is 9.46. The van der Waals surface area contributed by atoms with E-state index in [0.717, 1.165) is 0 Å². The van der Waals surface area contributed by atoms with Gasteiger partial charge in [0.25, 0.3) is 0 Å². The van der Waals surface area contributed by atoms with E-state index in [-0.39, 0.29) is 6.42 Å². The summed E-state index contributed by atoms with van der Waals surface area (Å²) < 4.78 is 5.34. The molecule has 0 radical (unpaired) electrons. The molecule has 0 spiro atoms. The quantitative estimate of drug-likeness (QED) is 0.890. The van der Waals surface area contributed by atoms with Crippen LogP contribution in [0.5, 0.6) is 5.75 Å². The van der Waals surface area contributed by atoms with Crippen LogP contribution >= 0.6 is 23.2 Å². The zero-order valence-corrected chi connectivity index (χ0v) is 9.55. The van der Waals surface area contributed by atoms with Crippen LogP contribution in [0.25, 0.3) is 0 Å². The molecule has 0 aliphatic heterocycles. The number of carboxylic acid groups (broad SMARTS) is 1. The molecule has 3 nitrogen and oxygen atoms in total. The molecule has 1 atom stereocenters. The van der Waals surface area contributed by atoms with Gasteiger partial charge in [0.05, 0.1) is 11.4 Å². The van der Waals surface area contributed by atoms with Gasteiger partial charge in [0, 0.05) is 11.1 Å². The van der Waals surface area contributed by atoms with Crippen LogP contribution in [0, 0.1) is 0 Å². The van der Waals surface area contributed by atoms with Crippen molar-refractivity contribution in [1.29, 1.82) is 0 Å². The summed E-state index contributed by atoms with van der Waals surface area (Å²) in [6, 6.07) is 4.80. The van der Waals surface area contributed by atoms with Gasteiger partial charge in [-0.3, -0.25) is 4.79 Å². The molecular weight excluding hydrogens is 239 g/mol. The fraction of sp³-hybridized carbons (Fsp3) is 0.300. The van der Waals surface area contributed by atoms with Crippen molar-refractivity contribution in [3.8, 4) is 5.75 Å². The summed E-state index contributed by atoms with van der Waals surface area (Å²) >= 11 is 11.6. The number of aliphatic carboxylic acids is 1. The van der Waals surface area contributed by atoms with Crippen molar-refractivity contribution in [1.82, 2.24) is 0 Å². The van der Waals surface area contributed by atoms with Crippen molar-refractivity contribution in [2.24, 2.45) is 0 Å². The SMILES string of the molecule is C[C@@H](CC(=O)O)Oc1cc(Cl)ccc1Cl. The van der Waals surface area contributed by atoms with E-state index in [4.69, 9.17) is 33.0 Å². The first-order valence-electron chi connectivity index (χ1n) is 4.32. The molecule has 0 aromatic heterocycles. The molecule has 5 heteroatoms. The van der Waals surface area contributed by atoms with Gasteiger partial charge >= 0.3 is 5.97 Å². The topological polar surface area (TPSA) is 46.5 Å². The highest BCUT2D eigenvalue weighted by molar-refractivity contribution is 6.34. The molecule has 0 unspecified atom stereocenters. The second-order valence-corrected chi connectivity index (χ2v) is 3.94. The fourth-order valence-electron chi connectivity index (χ4n) is 1.07. The van der Waals surface area contributed by atoms with Crippen molar-refractivity contribution in [2.75, 3.05) is 0 Å². The Bertz CT molecular complexity index is 366. The molecule has 82 valence electrons. The van der Waals surface area contributed by atoms with Crippen LogP contribution in [-0.4, -0.2) is 17.2 Å². The van der Waals surface area contributed by atoms with Gasteiger partial charge in [0.1, 0.15) is 11.9 Å². The second-order valence-electron chi connectivity index (χ2n) is 3.10. The fourth-order valence-corrected chi connectivity index (χ4v) is 1.40. The number of ether oxygens (including phenoxy) is 1. The van der Waals surface area contributed by atoms with E-state index in [1.54, 1.807) is 25.1 Å². The average Bonchev–Trinajstić information content (AvgIpc) is 2.10. The van der Waals surface area contributed by atoms with Gasteiger partial charge in [-0.15, -0.1) is 0 Å². The third kappa shape index (κ3) is 3.98. The second kappa shape index (κ2) is 5.24. The van der Waals surface area contributed by atoms with Gasteiger partial charge in [-0.2, -0.15) is 0 Å². The minimum absolute atomic E-state index is 0.0805. The molecule has 0 bridgehead atoms. The van der Waals surface area contributed by atoms with E-state index >= 15 is 0 Å². The van der Waals surface area contributed by atoms with Crippen molar-refractivity contribution in [3.63, 3.8) is 0 Å². The number of halogens is 2. The Kier molecular flexibility index (Phi) is 4.24. The van der Waals surface area contributed by atoms with Crippen LogP contribution in [0.2, 0.25) is 10.0 Å². The van der Waals surface area contributed by atoms with Crippen molar-refractivity contribution >= 4 is 29.2 Å². The molecule has 1 aromatic rings. The number of carbonyl (C=O) groups is 1. The normalized spacial score (nSPS) is 12.2. The first-order valence-corrected chi connectivity index (χ1v) is 5.08. The molecule has 0 heterocycles. The Morgan fingerprint density at radius 3 is 2.80 bits per heavy atom. The van der Waals surface area contributed by atoms with Crippen LogP contribution in [0.1, 0.15) is 13.3 Å².